The van der Waals surface area contributed by atoms with E-state index in [0.717, 1.165) is 0 Å². The Labute approximate surface area is 147 Å². The summed E-state index contributed by atoms with van der Waals surface area (Å²) in [6.07, 6.45) is 8.63. The molecule has 1 aliphatic heterocycles. The average molecular weight is 371 g/mol. The topological polar surface area (TPSA) is 18.5 Å². The van der Waals surface area contributed by atoms with Gasteiger partial charge in [0, 0.05) is 11.1 Å². The molecule has 3 atom stereocenters. The van der Waals surface area contributed by atoms with Gasteiger partial charge in [0.1, 0.15) is 0 Å². The Morgan fingerprint density at radius 3 is 1.96 bits per heavy atom. The van der Waals surface area contributed by atoms with E-state index in [0.29, 0.717) is 22.4 Å². The first kappa shape index (κ1) is 19.6. The highest BCUT2D eigenvalue weighted by Crippen LogP contribution is 2.65. The minimum Gasteiger partial charge on any atom is -0.436 e. The standard InChI is InChI=1S/C18H38O2Si3/c1-18(2,3)14-17-15-12-10-11-13-16(15)23(17,19-21(4,5)6)20-22(7,8)9/h10,12,15-17H,11,13-14H2,1-9H3/t15-,16+,17+/m0/s1. The van der Waals surface area contributed by atoms with Gasteiger partial charge in [-0.15, -0.1) is 0 Å². The molecule has 1 aliphatic carbocycles. The van der Waals surface area contributed by atoms with Crippen molar-refractivity contribution in [2.45, 2.75) is 90.4 Å². The van der Waals surface area contributed by atoms with Crippen LogP contribution >= 0.6 is 0 Å². The van der Waals surface area contributed by atoms with Crippen LogP contribution in [-0.2, 0) is 8.23 Å². The van der Waals surface area contributed by atoms with E-state index in [1.54, 1.807) is 0 Å². The molecular formula is C18H38O2Si3. The lowest BCUT2D eigenvalue weighted by atomic mass is 9.81. The molecule has 0 aromatic rings. The van der Waals surface area contributed by atoms with Crippen LogP contribution in [0.5, 0.6) is 0 Å². The molecule has 0 radical (unpaired) electrons. The van der Waals surface area contributed by atoms with Gasteiger partial charge in [0.25, 0.3) is 0 Å². The van der Waals surface area contributed by atoms with Crippen molar-refractivity contribution in [1.29, 1.82) is 0 Å². The van der Waals surface area contributed by atoms with Crippen LogP contribution in [0.4, 0.5) is 0 Å². The molecule has 134 valence electrons. The van der Waals surface area contributed by atoms with Gasteiger partial charge in [0.15, 0.2) is 16.6 Å². The quantitative estimate of drug-likeness (QED) is 0.418. The van der Waals surface area contributed by atoms with Crippen molar-refractivity contribution >= 4 is 25.2 Å². The van der Waals surface area contributed by atoms with Crippen molar-refractivity contribution in [2.24, 2.45) is 11.3 Å². The Hall–Kier alpha value is 0.311. The SMILES string of the molecule is CC(C)(C)C[C@@H]1[C@H]2C=CCC[C@H]2[Si]1(O[Si](C)(C)C)O[Si](C)(C)C. The first-order valence-electron chi connectivity index (χ1n) is 9.31. The first-order valence-corrected chi connectivity index (χ1v) is 18.1. The molecule has 0 N–H and O–H groups in total. The largest absolute Gasteiger partial charge is 0.436 e. The predicted molar refractivity (Wildman–Crippen MR) is 108 cm³/mol. The smallest absolute Gasteiger partial charge is 0.325 e. The summed E-state index contributed by atoms with van der Waals surface area (Å²) in [4.78, 5) is 0. The van der Waals surface area contributed by atoms with Gasteiger partial charge < -0.3 is 8.23 Å². The molecule has 0 amide bonds. The van der Waals surface area contributed by atoms with Gasteiger partial charge in [0.05, 0.1) is 0 Å². The summed E-state index contributed by atoms with van der Waals surface area (Å²) >= 11 is 0. The number of hydrogen-bond acceptors (Lipinski definition) is 2. The molecule has 5 heteroatoms. The molecule has 2 aliphatic rings. The highest BCUT2D eigenvalue weighted by Gasteiger charge is 2.68. The molecule has 0 bridgehead atoms. The van der Waals surface area contributed by atoms with Crippen LogP contribution in [0, 0.1) is 11.3 Å². The van der Waals surface area contributed by atoms with E-state index in [2.05, 4.69) is 72.2 Å². The van der Waals surface area contributed by atoms with Crippen LogP contribution in [0.1, 0.15) is 40.0 Å². The van der Waals surface area contributed by atoms with Crippen LogP contribution in [0.15, 0.2) is 12.2 Å². The number of allylic oxidation sites excluding steroid dienone is 2. The molecule has 0 aromatic carbocycles. The lowest BCUT2D eigenvalue weighted by Gasteiger charge is -2.62. The minimum atomic E-state index is -2.14. The summed E-state index contributed by atoms with van der Waals surface area (Å²) in [5.74, 6) is 0.711. The summed E-state index contributed by atoms with van der Waals surface area (Å²) in [5, 5.41) is 0. The Bertz CT molecular complexity index is 438. The molecule has 0 spiro atoms. The van der Waals surface area contributed by atoms with E-state index >= 15 is 0 Å². The second-order valence-corrected chi connectivity index (χ2v) is 23.7. The fraction of sp³-hybridized carbons (Fsp3) is 0.889. The zero-order chi connectivity index (χ0) is 17.7. The van der Waals surface area contributed by atoms with E-state index in [1.165, 1.54) is 19.3 Å². The van der Waals surface area contributed by atoms with Crippen LogP contribution in [0.25, 0.3) is 0 Å². The lowest BCUT2D eigenvalue weighted by molar-refractivity contribution is 0.188. The van der Waals surface area contributed by atoms with Gasteiger partial charge in [-0.2, -0.15) is 0 Å². The van der Waals surface area contributed by atoms with Crippen molar-refractivity contribution in [3.63, 3.8) is 0 Å². The number of hydrogen-bond donors (Lipinski definition) is 0. The third-order valence-electron chi connectivity index (χ3n) is 4.73. The molecule has 1 saturated heterocycles. The van der Waals surface area contributed by atoms with E-state index < -0.39 is 25.2 Å². The Kier molecular flexibility index (Phi) is 5.32. The molecule has 0 aromatic heterocycles. The fourth-order valence-electron chi connectivity index (χ4n) is 4.38. The zero-order valence-corrected chi connectivity index (χ0v) is 19.8. The van der Waals surface area contributed by atoms with E-state index in [-0.39, 0.29) is 0 Å². The Morgan fingerprint density at radius 2 is 1.52 bits per heavy atom. The van der Waals surface area contributed by atoms with Gasteiger partial charge in [0.2, 0.25) is 0 Å². The van der Waals surface area contributed by atoms with Crippen molar-refractivity contribution < 1.29 is 8.23 Å². The highest BCUT2D eigenvalue weighted by atomic mass is 28.5. The molecule has 2 rings (SSSR count). The van der Waals surface area contributed by atoms with E-state index in [1.807, 2.05) is 0 Å². The summed E-state index contributed by atoms with van der Waals surface area (Å²) < 4.78 is 14.0. The highest BCUT2D eigenvalue weighted by molar-refractivity contribution is 6.91. The second kappa shape index (κ2) is 6.24. The summed E-state index contributed by atoms with van der Waals surface area (Å²) in [6.45, 7) is 21.2. The molecule has 23 heavy (non-hydrogen) atoms. The van der Waals surface area contributed by atoms with Crippen molar-refractivity contribution in [1.82, 2.24) is 0 Å². The van der Waals surface area contributed by atoms with Crippen molar-refractivity contribution in [2.75, 3.05) is 0 Å². The Balaban J connectivity index is 2.40. The summed E-state index contributed by atoms with van der Waals surface area (Å²) in [7, 11) is -5.38. The van der Waals surface area contributed by atoms with Crippen LogP contribution < -0.4 is 0 Å². The second-order valence-electron chi connectivity index (χ2n) is 10.7. The predicted octanol–water partition coefficient (Wildman–Crippen LogP) is 6.29. The monoisotopic (exact) mass is 370 g/mol. The normalized spacial score (nSPS) is 30.7. The third kappa shape index (κ3) is 4.69. The van der Waals surface area contributed by atoms with Crippen LogP contribution in [0.3, 0.4) is 0 Å². The third-order valence-corrected chi connectivity index (χ3v) is 15.5. The van der Waals surface area contributed by atoms with Crippen LogP contribution in [0.2, 0.25) is 50.4 Å². The minimum absolute atomic E-state index is 0.338. The number of fused-ring (bicyclic) bond motifs is 1. The van der Waals surface area contributed by atoms with Crippen molar-refractivity contribution in [3.8, 4) is 0 Å². The van der Waals surface area contributed by atoms with Crippen LogP contribution in [-0.4, -0.2) is 25.2 Å². The first-order chi connectivity index (χ1) is 10.2. The maximum absolute atomic E-state index is 7.02. The molecule has 1 heterocycles. The number of rotatable bonds is 5. The molecule has 1 fully saturated rings. The molecule has 0 saturated carbocycles. The van der Waals surface area contributed by atoms with E-state index in [9.17, 15) is 0 Å². The summed E-state index contributed by atoms with van der Waals surface area (Å²) in [5.41, 5.74) is 1.67. The molecule has 2 nitrogen and oxygen atoms in total. The van der Waals surface area contributed by atoms with Gasteiger partial charge in [-0.1, -0.05) is 32.9 Å². The van der Waals surface area contributed by atoms with Gasteiger partial charge in [-0.25, -0.2) is 0 Å². The Morgan fingerprint density at radius 1 is 1.00 bits per heavy atom. The van der Waals surface area contributed by atoms with Gasteiger partial charge >= 0.3 is 8.56 Å². The van der Waals surface area contributed by atoms with Crippen molar-refractivity contribution in [3.05, 3.63) is 12.2 Å². The summed E-state index contributed by atoms with van der Waals surface area (Å²) in [6, 6.07) is 0. The average Bonchev–Trinajstić information content (AvgIpc) is 2.31. The maximum atomic E-state index is 7.02. The van der Waals surface area contributed by atoms with Gasteiger partial charge in [-0.05, 0) is 69.9 Å². The molecular weight excluding hydrogens is 332 g/mol. The molecule has 0 unspecified atom stereocenters. The lowest BCUT2D eigenvalue weighted by Crippen LogP contribution is -2.70. The maximum Gasteiger partial charge on any atom is 0.325 e. The van der Waals surface area contributed by atoms with E-state index in [4.69, 9.17) is 8.23 Å². The zero-order valence-electron chi connectivity index (χ0n) is 16.8. The fourth-order valence-corrected chi connectivity index (χ4v) is 18.4. The van der Waals surface area contributed by atoms with Gasteiger partial charge in [-0.3, -0.25) is 0 Å².